The molecule has 1 aliphatic carbocycles. The first kappa shape index (κ1) is 45.7. The van der Waals surface area contributed by atoms with E-state index in [-0.39, 0.29) is 31.3 Å². The van der Waals surface area contributed by atoms with Crippen LogP contribution in [-0.4, -0.2) is 74.7 Å². The number of aliphatic hydroxyl groups is 3. The van der Waals surface area contributed by atoms with Gasteiger partial charge in [0.05, 0.1) is 24.9 Å². The molecule has 0 aliphatic heterocycles. The molecule has 12 heteroatoms. The average molecular weight is 721 g/mol. The molecule has 288 valence electrons. The summed E-state index contributed by atoms with van der Waals surface area (Å²) in [5.41, 5.74) is 0. The summed E-state index contributed by atoms with van der Waals surface area (Å²) in [7, 11) is -4.80. The molecule has 11 nitrogen and oxygen atoms in total. The van der Waals surface area contributed by atoms with Crippen molar-refractivity contribution in [2.75, 3.05) is 13.2 Å². The smallest absolute Gasteiger partial charge is 0.462 e. The number of unbranched alkanes of at least 4 members (excludes halogenated alkanes) is 12. The molecule has 0 aromatic rings. The van der Waals surface area contributed by atoms with Gasteiger partial charge in [-0.3, -0.25) is 14.1 Å². The predicted octanol–water partition coefficient (Wildman–Crippen LogP) is 7.30. The van der Waals surface area contributed by atoms with Crippen molar-refractivity contribution < 1.29 is 53.3 Å². The Morgan fingerprint density at radius 2 is 1.35 bits per heavy atom. The number of phosphoric ester groups is 1. The Hall–Kier alpha value is -1.33. The average Bonchev–Trinajstić information content (AvgIpc) is 3.30. The van der Waals surface area contributed by atoms with Gasteiger partial charge < -0.3 is 34.6 Å². The second-order valence-corrected chi connectivity index (χ2v) is 15.6. The molecule has 0 unspecified atom stereocenters. The van der Waals surface area contributed by atoms with E-state index in [1.165, 1.54) is 32.1 Å². The molecule has 1 fully saturated rings. The second-order valence-electron chi connectivity index (χ2n) is 14.4. The Labute approximate surface area is 295 Å². The van der Waals surface area contributed by atoms with Gasteiger partial charge in [0.1, 0.15) is 6.61 Å². The number of esters is 2. The van der Waals surface area contributed by atoms with Gasteiger partial charge in [0.2, 0.25) is 0 Å². The molecular weight excluding hydrogens is 651 g/mol. The summed E-state index contributed by atoms with van der Waals surface area (Å²) >= 11 is 0. The van der Waals surface area contributed by atoms with E-state index in [0.717, 1.165) is 70.1 Å². The lowest BCUT2D eigenvalue weighted by molar-refractivity contribution is -0.161. The third-order valence-electron chi connectivity index (χ3n) is 9.31. The third kappa shape index (κ3) is 24.5. The second kappa shape index (κ2) is 27.3. The third-order valence-corrected chi connectivity index (χ3v) is 9.80. The van der Waals surface area contributed by atoms with E-state index < -0.39 is 50.8 Å². The first-order chi connectivity index (χ1) is 23.3. The van der Waals surface area contributed by atoms with Crippen molar-refractivity contribution in [2.45, 2.75) is 180 Å². The van der Waals surface area contributed by atoms with Crippen molar-refractivity contribution in [2.24, 2.45) is 17.8 Å². The van der Waals surface area contributed by atoms with Crippen molar-refractivity contribution in [3.05, 3.63) is 12.2 Å². The molecule has 5 N–H and O–H groups in total. The fraction of sp³-hybridized carbons (Fsp3) is 0.892. The van der Waals surface area contributed by atoms with Crippen LogP contribution >= 0.6 is 7.82 Å². The highest BCUT2D eigenvalue weighted by atomic mass is 31.2. The fourth-order valence-corrected chi connectivity index (χ4v) is 6.78. The maximum absolute atomic E-state index is 12.4. The number of hydrogen-bond acceptors (Lipinski definition) is 9. The molecule has 1 saturated carbocycles. The van der Waals surface area contributed by atoms with Gasteiger partial charge in [-0.15, -0.1) is 0 Å². The lowest BCUT2D eigenvalue weighted by Crippen LogP contribution is -2.29. The van der Waals surface area contributed by atoms with Crippen molar-refractivity contribution >= 4 is 19.8 Å². The normalized spacial score (nSPS) is 21.0. The summed E-state index contributed by atoms with van der Waals surface area (Å²) in [6.07, 6.45) is 18.8. The Balaban J connectivity index is 2.31. The van der Waals surface area contributed by atoms with Gasteiger partial charge >= 0.3 is 19.8 Å². The molecule has 0 aromatic carbocycles. The summed E-state index contributed by atoms with van der Waals surface area (Å²) in [5.74, 6) is -0.546. The van der Waals surface area contributed by atoms with Crippen molar-refractivity contribution in [1.82, 2.24) is 0 Å². The molecule has 1 rings (SSSR count). The van der Waals surface area contributed by atoms with Gasteiger partial charge in [0.25, 0.3) is 0 Å². The van der Waals surface area contributed by atoms with Crippen LogP contribution in [-0.2, 0) is 28.2 Å². The molecule has 49 heavy (non-hydrogen) atoms. The SMILES string of the molecule is CCCCC[C@H](O)/C=C/[C@@H]1[C@@H](CCCCCCC(=O)OC[C@H](COP(=O)(O)O)OC(=O)CCCCCCCCCCC(C)C)[C@@H](O)C[C@H]1O. The van der Waals surface area contributed by atoms with Gasteiger partial charge in [-0.1, -0.05) is 123 Å². The predicted molar refractivity (Wildman–Crippen MR) is 190 cm³/mol. The monoisotopic (exact) mass is 720 g/mol. The van der Waals surface area contributed by atoms with Crippen LogP contribution in [0.5, 0.6) is 0 Å². The molecule has 1 aliphatic rings. The molecule has 0 spiro atoms. The number of hydrogen-bond donors (Lipinski definition) is 5. The maximum atomic E-state index is 12.4. The lowest BCUT2D eigenvalue weighted by atomic mass is 9.88. The van der Waals surface area contributed by atoms with Crippen molar-refractivity contribution in [3.8, 4) is 0 Å². The van der Waals surface area contributed by atoms with Gasteiger partial charge in [0, 0.05) is 25.2 Å². The number of rotatable bonds is 30. The maximum Gasteiger partial charge on any atom is 0.469 e. The molecule has 6 atom stereocenters. The number of carbonyl (C=O) groups excluding carboxylic acids is 2. The summed E-state index contributed by atoms with van der Waals surface area (Å²) in [6.45, 7) is 5.66. The largest absolute Gasteiger partial charge is 0.469 e. The van der Waals surface area contributed by atoms with Crippen molar-refractivity contribution in [3.63, 3.8) is 0 Å². The van der Waals surface area contributed by atoms with Gasteiger partial charge in [-0.25, -0.2) is 4.57 Å². The van der Waals surface area contributed by atoms with Crippen LogP contribution in [0.4, 0.5) is 0 Å². The van der Waals surface area contributed by atoms with E-state index in [1.54, 1.807) is 6.08 Å². The molecular formula is C37H69O11P. The zero-order valence-electron chi connectivity index (χ0n) is 30.6. The van der Waals surface area contributed by atoms with Crippen LogP contribution in [0, 0.1) is 17.8 Å². The van der Waals surface area contributed by atoms with Crippen LogP contribution in [0.1, 0.15) is 156 Å². The summed E-state index contributed by atoms with van der Waals surface area (Å²) in [4.78, 5) is 42.9. The zero-order valence-corrected chi connectivity index (χ0v) is 31.5. The van der Waals surface area contributed by atoms with Crippen LogP contribution < -0.4 is 0 Å². The van der Waals surface area contributed by atoms with E-state index in [1.807, 2.05) is 6.08 Å². The van der Waals surface area contributed by atoms with E-state index in [0.29, 0.717) is 25.7 Å². The van der Waals surface area contributed by atoms with Gasteiger partial charge in [-0.05, 0) is 37.5 Å². The van der Waals surface area contributed by atoms with E-state index in [2.05, 4.69) is 25.3 Å². The van der Waals surface area contributed by atoms with Crippen LogP contribution in [0.3, 0.4) is 0 Å². The number of carbonyl (C=O) groups is 2. The van der Waals surface area contributed by atoms with Gasteiger partial charge in [-0.2, -0.15) is 0 Å². The molecule has 0 amide bonds. The number of ether oxygens (including phenoxy) is 2. The topological polar surface area (TPSA) is 180 Å². The van der Waals surface area contributed by atoms with E-state index >= 15 is 0 Å². The highest BCUT2D eigenvalue weighted by Crippen LogP contribution is 2.37. The minimum atomic E-state index is -4.80. The van der Waals surface area contributed by atoms with E-state index in [4.69, 9.17) is 19.3 Å². The Kier molecular flexibility index (Phi) is 25.5. The van der Waals surface area contributed by atoms with Gasteiger partial charge in [0.15, 0.2) is 6.10 Å². The molecule has 0 saturated heterocycles. The quantitative estimate of drug-likeness (QED) is 0.0217. The van der Waals surface area contributed by atoms with E-state index in [9.17, 15) is 29.5 Å². The van der Waals surface area contributed by atoms with Crippen LogP contribution in [0.2, 0.25) is 0 Å². The fourth-order valence-electron chi connectivity index (χ4n) is 6.42. The van der Waals surface area contributed by atoms with Crippen LogP contribution in [0.25, 0.3) is 0 Å². The zero-order chi connectivity index (χ0) is 36.5. The molecule has 0 heterocycles. The Morgan fingerprint density at radius 1 is 0.776 bits per heavy atom. The summed E-state index contributed by atoms with van der Waals surface area (Å²) < 4.78 is 26.3. The lowest BCUT2D eigenvalue weighted by Gasteiger charge is -2.21. The first-order valence-electron chi connectivity index (χ1n) is 19.1. The molecule has 0 radical (unpaired) electrons. The van der Waals surface area contributed by atoms with Crippen molar-refractivity contribution in [1.29, 1.82) is 0 Å². The first-order valence-corrected chi connectivity index (χ1v) is 20.6. The number of phosphoric acid groups is 1. The standard InChI is InChI=1S/C37H69O11P/c1-4-5-14-20-30(38)24-25-33-32(34(39)26-35(33)40)21-16-12-13-17-22-36(41)46-27-31(28-47-49(43,44)45)48-37(42)23-18-11-9-7-6-8-10-15-19-29(2)3/h24-25,29-35,38-40H,4-23,26-28H2,1-3H3,(H2,43,44,45)/b25-24+/t30-,31+,32+,33+,34-,35+/m0/s1. The Bertz CT molecular complexity index is 937. The Morgan fingerprint density at radius 3 is 1.96 bits per heavy atom. The summed E-state index contributed by atoms with van der Waals surface area (Å²) in [5, 5.41) is 31.2. The molecule has 0 bridgehead atoms. The highest BCUT2D eigenvalue weighted by molar-refractivity contribution is 7.46. The minimum Gasteiger partial charge on any atom is -0.462 e. The van der Waals surface area contributed by atoms with Crippen LogP contribution in [0.15, 0.2) is 12.2 Å². The minimum absolute atomic E-state index is 0.0802. The molecule has 0 aromatic heterocycles. The number of aliphatic hydroxyl groups excluding tert-OH is 3. The summed E-state index contributed by atoms with van der Waals surface area (Å²) in [6, 6.07) is 0. The highest BCUT2D eigenvalue weighted by Gasteiger charge is 2.39.